The Morgan fingerprint density at radius 3 is 2.61 bits per heavy atom. The molecule has 0 bridgehead atoms. The molecule has 1 atom stereocenters. The third-order valence-corrected chi connectivity index (χ3v) is 4.37. The number of likely N-dealkylation sites (N-methyl/N-ethyl adjacent to an activating group) is 1. The number of aromatic nitrogens is 2. The van der Waals surface area contributed by atoms with Crippen molar-refractivity contribution in [2.24, 2.45) is 5.84 Å². The molecule has 1 saturated carbocycles. The van der Waals surface area contributed by atoms with Crippen molar-refractivity contribution in [3.8, 4) is 0 Å². The molecule has 1 heterocycles. The highest BCUT2D eigenvalue weighted by Crippen LogP contribution is 2.42. The lowest BCUT2D eigenvalue weighted by atomic mass is 9.84. The van der Waals surface area contributed by atoms with E-state index in [0.29, 0.717) is 0 Å². The maximum absolute atomic E-state index is 5.84. The minimum absolute atomic E-state index is 0.121. The van der Waals surface area contributed by atoms with Gasteiger partial charge in [0.2, 0.25) is 0 Å². The third kappa shape index (κ3) is 2.18. The van der Waals surface area contributed by atoms with Crippen LogP contribution in [0.15, 0.2) is 12.4 Å². The molecule has 0 aliphatic heterocycles. The predicted molar refractivity (Wildman–Crippen MR) is 72.9 cm³/mol. The number of aryl methyl sites for hydroxylation is 1. The van der Waals surface area contributed by atoms with Crippen molar-refractivity contribution in [3.63, 3.8) is 0 Å². The van der Waals surface area contributed by atoms with E-state index < -0.39 is 0 Å². The van der Waals surface area contributed by atoms with E-state index in [9.17, 15) is 0 Å². The summed E-state index contributed by atoms with van der Waals surface area (Å²) in [6.45, 7) is 2.99. The van der Waals surface area contributed by atoms with Crippen LogP contribution in [0.3, 0.4) is 0 Å². The predicted octanol–water partition coefficient (Wildman–Crippen LogP) is 1.28. The molecule has 0 spiro atoms. The van der Waals surface area contributed by atoms with Crippen LogP contribution in [-0.2, 0) is 6.54 Å². The molecule has 1 fully saturated rings. The number of hydrazine groups is 1. The Labute approximate surface area is 109 Å². The first-order chi connectivity index (χ1) is 8.64. The van der Waals surface area contributed by atoms with Gasteiger partial charge in [0.25, 0.3) is 0 Å². The van der Waals surface area contributed by atoms with Gasteiger partial charge in [-0.05, 0) is 33.9 Å². The van der Waals surface area contributed by atoms with Gasteiger partial charge in [0.15, 0.2) is 0 Å². The van der Waals surface area contributed by atoms with Crippen molar-refractivity contribution in [2.75, 3.05) is 14.1 Å². The van der Waals surface area contributed by atoms with Gasteiger partial charge in [-0.15, -0.1) is 0 Å². The lowest BCUT2D eigenvalue weighted by Gasteiger charge is -2.42. The van der Waals surface area contributed by atoms with E-state index in [-0.39, 0.29) is 11.6 Å². The van der Waals surface area contributed by atoms with Crippen LogP contribution in [0.2, 0.25) is 0 Å². The van der Waals surface area contributed by atoms with E-state index >= 15 is 0 Å². The fraction of sp³-hybridized carbons (Fsp3) is 0.769. The third-order valence-electron chi connectivity index (χ3n) is 4.37. The Bertz CT molecular complexity index is 378. The number of nitrogens with zero attached hydrogens (tertiary/aromatic N) is 3. The number of hydrogen-bond acceptors (Lipinski definition) is 4. The molecular formula is C13H25N5. The van der Waals surface area contributed by atoms with Crippen LogP contribution in [0, 0.1) is 0 Å². The zero-order chi connectivity index (χ0) is 13.2. The van der Waals surface area contributed by atoms with Gasteiger partial charge in [0, 0.05) is 23.8 Å². The molecule has 102 valence electrons. The van der Waals surface area contributed by atoms with E-state index in [4.69, 9.17) is 5.84 Å². The second kappa shape index (κ2) is 5.38. The molecule has 1 aromatic rings. The molecule has 0 radical (unpaired) electrons. The van der Waals surface area contributed by atoms with Crippen molar-refractivity contribution in [3.05, 3.63) is 18.0 Å². The van der Waals surface area contributed by atoms with Gasteiger partial charge in [-0.1, -0.05) is 12.8 Å². The van der Waals surface area contributed by atoms with Crippen LogP contribution < -0.4 is 11.3 Å². The summed E-state index contributed by atoms with van der Waals surface area (Å²) in [5.41, 5.74) is 4.34. The summed E-state index contributed by atoms with van der Waals surface area (Å²) in [4.78, 5) is 2.33. The lowest BCUT2D eigenvalue weighted by molar-refractivity contribution is 0.105. The van der Waals surface area contributed by atoms with Crippen molar-refractivity contribution >= 4 is 0 Å². The van der Waals surface area contributed by atoms with Crippen molar-refractivity contribution in [2.45, 2.75) is 50.7 Å². The molecule has 0 saturated heterocycles. The molecule has 0 aromatic carbocycles. The van der Waals surface area contributed by atoms with Crippen LogP contribution in [-0.4, -0.2) is 34.3 Å². The van der Waals surface area contributed by atoms with Crippen molar-refractivity contribution < 1.29 is 0 Å². The largest absolute Gasteiger partial charge is 0.302 e. The van der Waals surface area contributed by atoms with E-state index in [1.165, 1.54) is 31.2 Å². The first-order valence-corrected chi connectivity index (χ1v) is 6.80. The van der Waals surface area contributed by atoms with Crippen LogP contribution in [0.1, 0.15) is 44.2 Å². The number of nitrogens with one attached hydrogen (secondary N) is 1. The van der Waals surface area contributed by atoms with Crippen molar-refractivity contribution in [1.29, 1.82) is 0 Å². The van der Waals surface area contributed by atoms with E-state index in [2.05, 4.69) is 42.6 Å². The average molecular weight is 251 g/mol. The molecule has 0 amide bonds. The Morgan fingerprint density at radius 2 is 2.17 bits per heavy atom. The van der Waals surface area contributed by atoms with Gasteiger partial charge < -0.3 is 4.90 Å². The highest BCUT2D eigenvalue weighted by Gasteiger charge is 2.43. The van der Waals surface area contributed by atoms with Gasteiger partial charge in [0.05, 0.1) is 12.2 Å². The maximum Gasteiger partial charge on any atom is 0.0674 e. The van der Waals surface area contributed by atoms with Gasteiger partial charge >= 0.3 is 0 Å². The molecule has 1 aromatic heterocycles. The Kier molecular flexibility index (Phi) is 4.04. The first-order valence-electron chi connectivity index (χ1n) is 6.80. The van der Waals surface area contributed by atoms with Gasteiger partial charge in [0.1, 0.15) is 0 Å². The van der Waals surface area contributed by atoms with Crippen LogP contribution >= 0.6 is 0 Å². The first kappa shape index (κ1) is 13.5. The summed E-state index contributed by atoms with van der Waals surface area (Å²) >= 11 is 0. The summed E-state index contributed by atoms with van der Waals surface area (Å²) in [7, 11) is 4.31. The molecule has 1 unspecified atom stereocenters. The molecule has 1 aliphatic rings. The SMILES string of the molecule is CCn1cc(C(NN)C2(N(C)C)CCCC2)cn1. The summed E-state index contributed by atoms with van der Waals surface area (Å²) in [5, 5.41) is 4.37. The summed E-state index contributed by atoms with van der Waals surface area (Å²) in [5.74, 6) is 5.84. The van der Waals surface area contributed by atoms with Crippen molar-refractivity contribution in [1.82, 2.24) is 20.1 Å². The average Bonchev–Trinajstić information content (AvgIpc) is 2.99. The van der Waals surface area contributed by atoms with E-state index in [1.54, 1.807) is 0 Å². The molecule has 1 aliphatic carbocycles. The van der Waals surface area contributed by atoms with Gasteiger partial charge in [-0.25, -0.2) is 0 Å². The smallest absolute Gasteiger partial charge is 0.0674 e. The molecule has 5 nitrogen and oxygen atoms in total. The van der Waals surface area contributed by atoms with Gasteiger partial charge in [-0.3, -0.25) is 16.0 Å². The lowest BCUT2D eigenvalue weighted by Crippen LogP contribution is -2.53. The van der Waals surface area contributed by atoms with E-state index in [1.807, 2.05) is 10.9 Å². The molecule has 5 heteroatoms. The highest BCUT2D eigenvalue weighted by atomic mass is 15.3. The highest BCUT2D eigenvalue weighted by molar-refractivity contribution is 5.19. The second-order valence-corrected chi connectivity index (χ2v) is 5.43. The molecule has 18 heavy (non-hydrogen) atoms. The van der Waals surface area contributed by atoms with Crippen LogP contribution in [0.4, 0.5) is 0 Å². The van der Waals surface area contributed by atoms with Crippen LogP contribution in [0.5, 0.6) is 0 Å². The summed E-state index contributed by atoms with van der Waals surface area (Å²) in [6, 6.07) is 0.148. The minimum atomic E-state index is 0.121. The zero-order valence-corrected chi connectivity index (χ0v) is 11.7. The summed E-state index contributed by atoms with van der Waals surface area (Å²) in [6.07, 6.45) is 8.97. The quantitative estimate of drug-likeness (QED) is 0.611. The summed E-state index contributed by atoms with van der Waals surface area (Å²) < 4.78 is 1.96. The molecule has 3 N–H and O–H groups in total. The Hall–Kier alpha value is -0.910. The van der Waals surface area contributed by atoms with E-state index in [0.717, 1.165) is 6.54 Å². The topological polar surface area (TPSA) is 59.1 Å². The number of rotatable bonds is 5. The number of hydrogen-bond donors (Lipinski definition) is 2. The maximum atomic E-state index is 5.84. The Balaban J connectivity index is 2.31. The molecular weight excluding hydrogens is 226 g/mol. The van der Waals surface area contributed by atoms with Crippen LogP contribution in [0.25, 0.3) is 0 Å². The van der Waals surface area contributed by atoms with Gasteiger partial charge in [-0.2, -0.15) is 5.10 Å². The monoisotopic (exact) mass is 251 g/mol. The normalized spacial score (nSPS) is 20.5. The minimum Gasteiger partial charge on any atom is -0.302 e. The molecule has 2 rings (SSSR count). The fourth-order valence-corrected chi connectivity index (χ4v) is 3.24. The zero-order valence-electron chi connectivity index (χ0n) is 11.7. The number of nitrogens with two attached hydrogens (primary N) is 1. The fourth-order valence-electron chi connectivity index (χ4n) is 3.24. The Morgan fingerprint density at radius 1 is 1.50 bits per heavy atom. The standard InChI is InChI=1S/C13H25N5/c1-4-18-10-11(9-15-18)12(16-14)13(17(2)3)7-5-6-8-13/h9-10,12,16H,4-8,14H2,1-3H3. The second-order valence-electron chi connectivity index (χ2n) is 5.43.